The molecule has 0 aliphatic heterocycles. The Balaban J connectivity index is 2.64. The van der Waals surface area contributed by atoms with Crippen molar-refractivity contribution in [3.63, 3.8) is 0 Å². The van der Waals surface area contributed by atoms with E-state index in [-0.39, 0.29) is 0 Å². The van der Waals surface area contributed by atoms with Gasteiger partial charge in [-0.25, -0.2) is 4.42 Å². The molecule has 0 fully saturated rings. The Bertz CT molecular complexity index is 396. The first-order valence-corrected chi connectivity index (χ1v) is 4.33. The smallest absolute Gasteiger partial charge is 0.358 e. The highest BCUT2D eigenvalue weighted by atomic mass is 16.4. The van der Waals surface area contributed by atoms with Gasteiger partial charge in [-0.05, 0) is 5.56 Å². The molecule has 0 aromatic heterocycles. The molecule has 0 amide bonds. The average molecular weight is 191 g/mol. The van der Waals surface area contributed by atoms with Gasteiger partial charge in [0.15, 0.2) is 0 Å². The van der Waals surface area contributed by atoms with Crippen LogP contribution >= 0.6 is 0 Å². The summed E-state index contributed by atoms with van der Waals surface area (Å²) in [5.41, 5.74) is 1.26. The minimum absolute atomic E-state index is 0.499. The molecule has 0 bridgehead atoms. The van der Waals surface area contributed by atoms with Crippen molar-refractivity contribution in [3.8, 4) is 5.75 Å². The molecule has 2 N–H and O–H groups in total. The number of carbonyl (C=O) groups excluding carboxylic acids is 1. The number of rotatable bonds is 1. The van der Waals surface area contributed by atoms with Crippen LogP contribution in [0.4, 0.5) is 0 Å². The summed E-state index contributed by atoms with van der Waals surface area (Å²) in [4.78, 5) is 0. The second-order valence-corrected chi connectivity index (χ2v) is 3.18. The normalized spacial score (nSPS) is 24.4. The Morgan fingerprint density at radius 3 is 2.57 bits per heavy atom. The van der Waals surface area contributed by atoms with Crippen molar-refractivity contribution in [2.45, 2.75) is 12.2 Å². The van der Waals surface area contributed by atoms with Crippen LogP contribution in [0, 0.1) is 0 Å². The predicted octanol–water partition coefficient (Wildman–Crippen LogP) is 1.40. The van der Waals surface area contributed by atoms with E-state index in [2.05, 4.69) is 6.79 Å². The highest BCUT2D eigenvalue weighted by Crippen LogP contribution is 2.37. The van der Waals surface area contributed by atoms with Gasteiger partial charge in [-0.3, -0.25) is 0 Å². The summed E-state index contributed by atoms with van der Waals surface area (Å²) in [7, 11) is 0. The topological polar surface area (TPSA) is 51.8 Å². The second kappa shape index (κ2) is 3.36. The third-order valence-corrected chi connectivity index (χ3v) is 2.35. The summed E-state index contributed by atoms with van der Waals surface area (Å²) in [6, 6.07) is 5.23. The zero-order valence-corrected chi connectivity index (χ0v) is 7.55. The van der Waals surface area contributed by atoms with E-state index in [1.807, 2.05) is 0 Å². The highest BCUT2D eigenvalue weighted by molar-refractivity contribution is 5.47. The molecule has 1 aromatic carbocycles. The molecule has 1 aliphatic carbocycles. The quantitative estimate of drug-likeness (QED) is 0.520. The summed E-state index contributed by atoms with van der Waals surface area (Å²) in [5, 5.41) is 19.3. The summed E-state index contributed by atoms with van der Waals surface area (Å²) in [5.74, 6) is 0.499. The van der Waals surface area contributed by atoms with E-state index in [4.69, 9.17) is 4.42 Å². The maximum Gasteiger partial charge on any atom is 0.358 e. The Labute approximate surface area is 81.6 Å². The maximum absolute atomic E-state index is 9.69. The van der Waals surface area contributed by atoms with Gasteiger partial charge in [-0.15, -0.1) is 0 Å². The lowest BCUT2D eigenvalue weighted by molar-refractivity contribution is -0.356. The molecular weight excluding hydrogens is 180 g/mol. The average Bonchev–Trinajstić information content (AvgIpc) is 2.23. The molecule has 3 nitrogen and oxygen atoms in total. The van der Waals surface area contributed by atoms with Gasteiger partial charge in [-0.1, -0.05) is 24.3 Å². The molecule has 14 heavy (non-hydrogen) atoms. The van der Waals surface area contributed by atoms with Crippen LogP contribution in [0.5, 0.6) is 5.75 Å². The van der Waals surface area contributed by atoms with E-state index in [0.29, 0.717) is 16.9 Å². The lowest BCUT2D eigenvalue weighted by atomic mass is 9.92. The Kier molecular flexibility index (Phi) is 2.19. The molecular formula is C11H11O3+. The molecule has 0 spiro atoms. The number of aliphatic hydroxyl groups is 2. The number of hydrogen-bond donors (Lipinski definition) is 2. The van der Waals surface area contributed by atoms with E-state index >= 15 is 0 Å². The van der Waals surface area contributed by atoms with Crippen LogP contribution < -0.4 is 0 Å². The molecule has 0 heterocycles. The fourth-order valence-corrected chi connectivity index (χ4v) is 1.67. The van der Waals surface area contributed by atoms with Gasteiger partial charge in [0.05, 0.1) is 11.7 Å². The Morgan fingerprint density at radius 1 is 1.14 bits per heavy atom. The first-order chi connectivity index (χ1) is 6.74. The number of aliphatic hydroxyl groups excluding tert-OH is 2. The molecule has 0 saturated heterocycles. The molecule has 0 saturated carbocycles. The third kappa shape index (κ3) is 1.27. The van der Waals surface area contributed by atoms with Gasteiger partial charge in [0.2, 0.25) is 0 Å². The van der Waals surface area contributed by atoms with Crippen LogP contribution in [0.3, 0.4) is 0 Å². The molecule has 1 aliphatic rings. The fraction of sp³-hybridized carbons (Fsp3) is 0.182. The van der Waals surface area contributed by atoms with Crippen molar-refractivity contribution >= 4 is 6.79 Å². The third-order valence-electron chi connectivity index (χ3n) is 2.35. The van der Waals surface area contributed by atoms with Gasteiger partial charge in [0.25, 0.3) is 6.79 Å². The lowest BCUT2D eigenvalue weighted by Crippen LogP contribution is -2.08. The summed E-state index contributed by atoms with van der Waals surface area (Å²) >= 11 is 0. The van der Waals surface area contributed by atoms with Crippen molar-refractivity contribution in [1.29, 1.82) is 0 Å². The van der Waals surface area contributed by atoms with E-state index in [1.54, 1.807) is 24.3 Å². The molecule has 1 aromatic rings. The standard InChI is InChI=1S/C11H11O3/c1-14-10-4-2-3-7-8(12)5-6-9(13)11(7)10/h2-6,8-9,12-13H,1H2/q+1. The van der Waals surface area contributed by atoms with Crippen molar-refractivity contribution in [1.82, 2.24) is 0 Å². The van der Waals surface area contributed by atoms with Gasteiger partial charge in [0, 0.05) is 6.07 Å². The van der Waals surface area contributed by atoms with Crippen molar-refractivity contribution in [2.75, 3.05) is 0 Å². The second-order valence-electron chi connectivity index (χ2n) is 3.18. The Morgan fingerprint density at radius 2 is 1.86 bits per heavy atom. The van der Waals surface area contributed by atoms with E-state index in [9.17, 15) is 10.2 Å². The lowest BCUT2D eigenvalue weighted by Gasteiger charge is -2.18. The van der Waals surface area contributed by atoms with Crippen molar-refractivity contribution in [3.05, 3.63) is 41.5 Å². The zero-order valence-electron chi connectivity index (χ0n) is 7.55. The fourth-order valence-electron chi connectivity index (χ4n) is 1.67. The van der Waals surface area contributed by atoms with Crippen LogP contribution in [0.2, 0.25) is 0 Å². The first-order valence-electron chi connectivity index (χ1n) is 4.33. The number of benzene rings is 1. The molecule has 2 unspecified atom stereocenters. The number of fused-ring (bicyclic) bond motifs is 1. The minimum Gasteiger partial charge on any atom is -0.384 e. The van der Waals surface area contributed by atoms with E-state index < -0.39 is 12.2 Å². The molecule has 0 radical (unpaired) electrons. The maximum atomic E-state index is 9.69. The highest BCUT2D eigenvalue weighted by Gasteiger charge is 2.27. The van der Waals surface area contributed by atoms with E-state index in [0.717, 1.165) is 0 Å². The SMILES string of the molecule is C=[O+]c1cccc2c1C(O)C=CC2O. The molecule has 72 valence electrons. The molecule has 2 rings (SSSR count). The molecule has 3 heteroatoms. The van der Waals surface area contributed by atoms with Crippen LogP contribution in [-0.4, -0.2) is 17.0 Å². The first kappa shape index (κ1) is 9.12. The van der Waals surface area contributed by atoms with Gasteiger partial charge in [0.1, 0.15) is 6.10 Å². The minimum atomic E-state index is -0.730. The predicted molar refractivity (Wildman–Crippen MR) is 52.1 cm³/mol. The van der Waals surface area contributed by atoms with Crippen molar-refractivity contribution in [2.24, 2.45) is 0 Å². The monoisotopic (exact) mass is 191 g/mol. The summed E-state index contributed by atoms with van der Waals surface area (Å²) < 4.78 is 4.88. The van der Waals surface area contributed by atoms with Gasteiger partial charge >= 0.3 is 5.75 Å². The summed E-state index contributed by atoms with van der Waals surface area (Å²) in [6.45, 7) is 3.31. The van der Waals surface area contributed by atoms with Gasteiger partial charge < -0.3 is 10.2 Å². The van der Waals surface area contributed by atoms with Crippen LogP contribution in [0.1, 0.15) is 23.3 Å². The van der Waals surface area contributed by atoms with E-state index in [1.165, 1.54) is 6.08 Å². The summed E-state index contributed by atoms with van der Waals surface area (Å²) in [6.07, 6.45) is 1.69. The van der Waals surface area contributed by atoms with Crippen LogP contribution in [0.15, 0.2) is 30.4 Å². The largest absolute Gasteiger partial charge is 0.384 e. The van der Waals surface area contributed by atoms with Gasteiger partial charge in [-0.2, -0.15) is 0 Å². The zero-order chi connectivity index (χ0) is 10.1. The van der Waals surface area contributed by atoms with Crippen LogP contribution in [-0.2, 0) is 4.42 Å². The molecule has 2 atom stereocenters. The Hall–Kier alpha value is -1.45. The van der Waals surface area contributed by atoms with Crippen molar-refractivity contribution < 1.29 is 14.6 Å². The van der Waals surface area contributed by atoms with Crippen LogP contribution in [0.25, 0.3) is 0 Å². The number of hydrogen-bond acceptors (Lipinski definition) is 2.